The Morgan fingerprint density at radius 1 is 0.870 bits per heavy atom. The van der Waals surface area contributed by atoms with Gasteiger partial charge in [-0.25, -0.2) is 4.98 Å². The van der Waals surface area contributed by atoms with Crippen molar-refractivity contribution in [3.8, 4) is 33.3 Å². The van der Waals surface area contributed by atoms with Crippen LogP contribution in [-0.4, -0.2) is 19.2 Å². The second-order valence-corrected chi connectivity index (χ2v) is 5.85. The van der Waals surface area contributed by atoms with Gasteiger partial charge in [0.05, 0.1) is 19.9 Å². The number of benzene rings is 2. The van der Waals surface area contributed by atoms with E-state index in [1.54, 1.807) is 31.6 Å². The highest BCUT2D eigenvalue weighted by Crippen LogP contribution is 2.35. The van der Waals surface area contributed by atoms with Gasteiger partial charge >= 0.3 is 0 Å². The number of hydrogen-bond donors (Lipinski definition) is 2. The maximum atomic E-state index is 5.85. The lowest BCUT2D eigenvalue weighted by Gasteiger charge is -2.08. The molecular weight excluding hydrogens is 310 g/mol. The molecule has 0 atom stereocenters. The molecule has 1 aromatic heterocycles. The summed E-state index contributed by atoms with van der Waals surface area (Å²) in [6.07, 6.45) is 0. The molecule has 0 aliphatic heterocycles. The number of nitrogen functional groups attached to an aromatic ring is 2. The molecule has 4 N–H and O–H groups in total. The molecule has 0 unspecified atom stereocenters. The van der Waals surface area contributed by atoms with Crippen molar-refractivity contribution in [3.05, 3.63) is 41.8 Å². The van der Waals surface area contributed by atoms with Crippen LogP contribution < -0.4 is 20.9 Å². The van der Waals surface area contributed by atoms with Gasteiger partial charge in [0.1, 0.15) is 5.01 Å². The number of rotatable bonds is 4. The van der Waals surface area contributed by atoms with E-state index in [1.165, 1.54) is 0 Å². The highest BCUT2D eigenvalue weighted by molar-refractivity contribution is 7.13. The number of anilines is 2. The molecule has 0 bridgehead atoms. The molecule has 0 aliphatic rings. The zero-order valence-corrected chi connectivity index (χ0v) is 13.7. The van der Waals surface area contributed by atoms with E-state index in [4.69, 9.17) is 20.9 Å². The van der Waals surface area contributed by atoms with E-state index in [-0.39, 0.29) is 0 Å². The first-order valence-corrected chi connectivity index (χ1v) is 7.83. The monoisotopic (exact) mass is 327 g/mol. The minimum atomic E-state index is 0.626. The molecule has 1 heterocycles. The molecule has 0 saturated carbocycles. The fourth-order valence-electron chi connectivity index (χ4n) is 2.33. The Morgan fingerprint density at radius 3 is 2.22 bits per heavy atom. The van der Waals surface area contributed by atoms with Crippen LogP contribution in [0.25, 0.3) is 21.8 Å². The summed E-state index contributed by atoms with van der Waals surface area (Å²) in [5.74, 6) is 1.37. The van der Waals surface area contributed by atoms with Gasteiger partial charge in [-0.15, -0.1) is 11.3 Å². The molecule has 0 saturated heterocycles. The minimum Gasteiger partial charge on any atom is -0.493 e. The molecule has 6 heteroatoms. The molecule has 0 aliphatic carbocycles. The Labute approximate surface area is 138 Å². The Morgan fingerprint density at radius 2 is 1.57 bits per heavy atom. The normalized spacial score (nSPS) is 10.5. The van der Waals surface area contributed by atoms with Gasteiger partial charge in [-0.1, -0.05) is 0 Å². The molecule has 118 valence electrons. The topological polar surface area (TPSA) is 83.4 Å². The number of thiazole rings is 1. The van der Waals surface area contributed by atoms with Gasteiger partial charge in [-0.2, -0.15) is 0 Å². The Kier molecular flexibility index (Phi) is 4.08. The lowest BCUT2D eigenvalue weighted by atomic mass is 10.1. The molecule has 5 nitrogen and oxygen atoms in total. The second kappa shape index (κ2) is 6.18. The van der Waals surface area contributed by atoms with Crippen molar-refractivity contribution in [3.63, 3.8) is 0 Å². The third-order valence-electron chi connectivity index (χ3n) is 3.41. The molecule has 0 spiro atoms. The Hall–Kier alpha value is -2.73. The maximum Gasteiger partial charge on any atom is 0.161 e. The van der Waals surface area contributed by atoms with Gasteiger partial charge < -0.3 is 20.9 Å². The summed E-state index contributed by atoms with van der Waals surface area (Å²) in [6.45, 7) is 0. The molecular formula is C17H17N3O2S. The van der Waals surface area contributed by atoms with Crippen LogP contribution in [0.15, 0.2) is 41.8 Å². The maximum absolute atomic E-state index is 5.85. The van der Waals surface area contributed by atoms with Crippen LogP contribution in [-0.2, 0) is 0 Å². The van der Waals surface area contributed by atoms with E-state index in [1.807, 2.05) is 35.7 Å². The van der Waals surface area contributed by atoms with Crippen LogP contribution in [0.4, 0.5) is 11.4 Å². The average molecular weight is 327 g/mol. The summed E-state index contributed by atoms with van der Waals surface area (Å²) in [5, 5.41) is 2.88. The van der Waals surface area contributed by atoms with Crippen LogP contribution in [0.2, 0.25) is 0 Å². The Balaban J connectivity index is 1.98. The van der Waals surface area contributed by atoms with E-state index in [2.05, 4.69) is 4.98 Å². The average Bonchev–Trinajstić information content (AvgIpc) is 3.03. The summed E-state index contributed by atoms with van der Waals surface area (Å²) in [5.41, 5.74) is 15.7. The van der Waals surface area contributed by atoms with Gasteiger partial charge in [0.2, 0.25) is 0 Å². The van der Waals surface area contributed by atoms with Crippen molar-refractivity contribution in [1.29, 1.82) is 0 Å². The summed E-state index contributed by atoms with van der Waals surface area (Å²) in [6, 6.07) is 11.2. The summed E-state index contributed by atoms with van der Waals surface area (Å²) in [7, 11) is 3.23. The first-order valence-electron chi connectivity index (χ1n) is 6.95. The third-order valence-corrected chi connectivity index (χ3v) is 4.30. The van der Waals surface area contributed by atoms with Gasteiger partial charge in [-0.05, 0) is 36.4 Å². The van der Waals surface area contributed by atoms with Crippen LogP contribution in [0.1, 0.15) is 0 Å². The molecule has 3 rings (SSSR count). The van der Waals surface area contributed by atoms with Crippen LogP contribution >= 0.6 is 11.3 Å². The fraction of sp³-hybridized carbons (Fsp3) is 0.118. The quantitative estimate of drug-likeness (QED) is 0.715. The number of hydrogen-bond acceptors (Lipinski definition) is 6. The van der Waals surface area contributed by atoms with Gasteiger partial charge in [0.25, 0.3) is 0 Å². The highest BCUT2D eigenvalue weighted by atomic mass is 32.1. The SMILES string of the molecule is COc1ccc(-c2nc(-c3cc(N)cc(N)c3)cs2)cc1OC. The summed E-state index contributed by atoms with van der Waals surface area (Å²) >= 11 is 1.55. The predicted molar refractivity (Wildman–Crippen MR) is 94.9 cm³/mol. The van der Waals surface area contributed by atoms with E-state index in [0.717, 1.165) is 21.8 Å². The molecule has 0 amide bonds. The van der Waals surface area contributed by atoms with E-state index < -0.39 is 0 Å². The molecule has 23 heavy (non-hydrogen) atoms. The largest absolute Gasteiger partial charge is 0.493 e. The predicted octanol–water partition coefficient (Wildman–Crippen LogP) is 3.66. The van der Waals surface area contributed by atoms with Crippen molar-refractivity contribution in [2.75, 3.05) is 25.7 Å². The van der Waals surface area contributed by atoms with Crippen LogP contribution in [0.5, 0.6) is 11.5 Å². The number of nitrogens with two attached hydrogens (primary N) is 2. The summed E-state index contributed by atoms with van der Waals surface area (Å²) < 4.78 is 10.6. The molecule has 0 radical (unpaired) electrons. The van der Waals surface area contributed by atoms with E-state index in [0.29, 0.717) is 22.9 Å². The van der Waals surface area contributed by atoms with E-state index in [9.17, 15) is 0 Å². The van der Waals surface area contributed by atoms with Gasteiger partial charge in [0.15, 0.2) is 11.5 Å². The standard InChI is InChI=1S/C17H17N3O2S/c1-21-15-4-3-10(7-16(15)22-2)17-20-14(9-23-17)11-5-12(18)8-13(19)6-11/h3-9H,18-19H2,1-2H3. The zero-order valence-electron chi connectivity index (χ0n) is 12.9. The summed E-state index contributed by atoms with van der Waals surface area (Å²) in [4.78, 5) is 4.67. The van der Waals surface area contributed by atoms with E-state index >= 15 is 0 Å². The van der Waals surface area contributed by atoms with Gasteiger partial charge in [-0.3, -0.25) is 0 Å². The smallest absolute Gasteiger partial charge is 0.161 e. The first kappa shape index (κ1) is 15.2. The molecule has 2 aromatic carbocycles. The number of methoxy groups -OCH3 is 2. The van der Waals surface area contributed by atoms with Crippen molar-refractivity contribution in [1.82, 2.24) is 4.98 Å². The lowest BCUT2D eigenvalue weighted by Crippen LogP contribution is -1.92. The van der Waals surface area contributed by atoms with Gasteiger partial charge in [0, 0.05) is 27.9 Å². The first-order chi connectivity index (χ1) is 11.1. The van der Waals surface area contributed by atoms with Crippen molar-refractivity contribution < 1.29 is 9.47 Å². The van der Waals surface area contributed by atoms with Crippen LogP contribution in [0, 0.1) is 0 Å². The highest BCUT2D eigenvalue weighted by Gasteiger charge is 2.11. The molecule has 3 aromatic rings. The number of ether oxygens (including phenoxy) is 2. The molecule has 0 fully saturated rings. The van der Waals surface area contributed by atoms with Crippen LogP contribution in [0.3, 0.4) is 0 Å². The van der Waals surface area contributed by atoms with Crippen molar-refractivity contribution in [2.45, 2.75) is 0 Å². The van der Waals surface area contributed by atoms with Crippen molar-refractivity contribution in [2.24, 2.45) is 0 Å². The third kappa shape index (κ3) is 3.07. The fourth-order valence-corrected chi connectivity index (χ4v) is 3.16. The lowest BCUT2D eigenvalue weighted by molar-refractivity contribution is 0.355. The Bertz CT molecular complexity index is 825. The zero-order chi connectivity index (χ0) is 16.4. The number of nitrogens with zero attached hydrogens (tertiary/aromatic N) is 1. The second-order valence-electron chi connectivity index (χ2n) is 5.00. The number of aromatic nitrogens is 1. The van der Waals surface area contributed by atoms with Crippen molar-refractivity contribution >= 4 is 22.7 Å². The minimum absolute atomic E-state index is 0.626.